The zero-order chi connectivity index (χ0) is 20.5. The lowest BCUT2D eigenvalue weighted by atomic mass is 10.1. The van der Waals surface area contributed by atoms with Crippen molar-refractivity contribution in [3.63, 3.8) is 0 Å². The summed E-state index contributed by atoms with van der Waals surface area (Å²) in [6, 6.07) is 0. The summed E-state index contributed by atoms with van der Waals surface area (Å²) in [6.45, 7) is 1.87. The molecule has 166 valence electrons. The molecule has 0 aliphatic carbocycles. The van der Waals surface area contributed by atoms with Crippen LogP contribution in [0.15, 0.2) is 0 Å². The zero-order valence-corrected chi connectivity index (χ0v) is 16.8. The Bertz CT molecular complexity index is 424. The maximum absolute atomic E-state index is 10.5. The minimum absolute atomic E-state index is 0.366. The van der Waals surface area contributed by atoms with E-state index in [-0.39, 0.29) is 6.61 Å². The van der Waals surface area contributed by atoms with E-state index in [1.807, 2.05) is 0 Å². The highest BCUT2D eigenvalue weighted by atomic mass is 16.8. The quantitative estimate of drug-likeness (QED) is 0.309. The molecular formula is C19H36O9. The van der Waals surface area contributed by atoms with Gasteiger partial charge < -0.3 is 44.1 Å². The number of aliphatic hydroxyl groups is 4. The van der Waals surface area contributed by atoms with E-state index in [0.717, 1.165) is 19.3 Å². The second-order valence-electron chi connectivity index (χ2n) is 7.37. The number of ether oxygens (including phenoxy) is 5. The third kappa shape index (κ3) is 6.07. The Labute approximate surface area is 166 Å². The van der Waals surface area contributed by atoms with E-state index in [2.05, 4.69) is 6.92 Å². The van der Waals surface area contributed by atoms with Crippen molar-refractivity contribution >= 4 is 0 Å². The summed E-state index contributed by atoms with van der Waals surface area (Å²) in [7, 11) is 1.39. The summed E-state index contributed by atoms with van der Waals surface area (Å²) < 4.78 is 27.7. The SMILES string of the molecule is CCCCCCCCO[C@H]1O[C@H](CO)[C@@H](O[C@H]2O[C@H](CO)[C@@H](O)[C@@H]2OC)[C@@H]1O. The van der Waals surface area contributed by atoms with Gasteiger partial charge >= 0.3 is 0 Å². The van der Waals surface area contributed by atoms with Crippen LogP contribution in [0, 0.1) is 0 Å². The lowest BCUT2D eigenvalue weighted by Crippen LogP contribution is -2.44. The average molecular weight is 408 g/mol. The highest BCUT2D eigenvalue weighted by molar-refractivity contribution is 4.92. The molecule has 0 spiro atoms. The highest BCUT2D eigenvalue weighted by Crippen LogP contribution is 2.31. The Balaban J connectivity index is 1.82. The first-order valence-corrected chi connectivity index (χ1v) is 10.3. The van der Waals surface area contributed by atoms with Crippen LogP contribution in [0.1, 0.15) is 45.4 Å². The van der Waals surface area contributed by atoms with Crippen molar-refractivity contribution in [1.29, 1.82) is 0 Å². The summed E-state index contributed by atoms with van der Waals surface area (Å²) in [5, 5.41) is 39.5. The fraction of sp³-hybridized carbons (Fsp3) is 1.00. The summed E-state index contributed by atoms with van der Waals surface area (Å²) in [6.07, 6.45) is -0.747. The van der Waals surface area contributed by atoms with Crippen molar-refractivity contribution in [3.05, 3.63) is 0 Å². The molecule has 0 amide bonds. The molecule has 0 saturated carbocycles. The van der Waals surface area contributed by atoms with Crippen LogP contribution in [-0.4, -0.2) is 96.6 Å². The van der Waals surface area contributed by atoms with E-state index in [1.165, 1.54) is 26.4 Å². The highest BCUT2D eigenvalue weighted by Gasteiger charge is 2.51. The fourth-order valence-corrected chi connectivity index (χ4v) is 3.61. The molecule has 0 aromatic heterocycles. The van der Waals surface area contributed by atoms with Crippen molar-refractivity contribution in [2.24, 2.45) is 0 Å². The largest absolute Gasteiger partial charge is 0.394 e. The molecule has 2 fully saturated rings. The third-order valence-electron chi connectivity index (χ3n) is 5.29. The van der Waals surface area contributed by atoms with Gasteiger partial charge in [-0.05, 0) is 6.42 Å². The molecule has 0 aromatic rings. The molecule has 9 heteroatoms. The van der Waals surface area contributed by atoms with Gasteiger partial charge in [-0.1, -0.05) is 39.0 Å². The van der Waals surface area contributed by atoms with Gasteiger partial charge in [-0.3, -0.25) is 0 Å². The summed E-state index contributed by atoms with van der Waals surface area (Å²) >= 11 is 0. The maximum Gasteiger partial charge on any atom is 0.187 e. The molecule has 28 heavy (non-hydrogen) atoms. The zero-order valence-electron chi connectivity index (χ0n) is 16.8. The molecule has 0 unspecified atom stereocenters. The molecule has 0 bridgehead atoms. The van der Waals surface area contributed by atoms with Crippen LogP contribution in [0.5, 0.6) is 0 Å². The lowest BCUT2D eigenvalue weighted by Gasteiger charge is -2.26. The van der Waals surface area contributed by atoms with E-state index in [4.69, 9.17) is 23.7 Å². The molecule has 2 rings (SSSR count). The van der Waals surface area contributed by atoms with Crippen molar-refractivity contribution in [1.82, 2.24) is 0 Å². The molecule has 0 radical (unpaired) electrons. The lowest BCUT2D eigenvalue weighted by molar-refractivity contribution is -0.219. The Morgan fingerprint density at radius 3 is 2.07 bits per heavy atom. The second-order valence-corrected chi connectivity index (χ2v) is 7.37. The summed E-state index contributed by atoms with van der Waals surface area (Å²) in [5.74, 6) is 0. The first kappa shape index (κ1) is 23.9. The van der Waals surface area contributed by atoms with Gasteiger partial charge in [0.05, 0.1) is 13.2 Å². The molecule has 8 atom stereocenters. The van der Waals surface area contributed by atoms with Crippen molar-refractivity contribution in [2.75, 3.05) is 26.9 Å². The molecule has 2 heterocycles. The van der Waals surface area contributed by atoms with Gasteiger partial charge in [0.2, 0.25) is 0 Å². The molecule has 0 aromatic carbocycles. The predicted octanol–water partition coefficient (Wildman–Crippen LogP) is -0.0801. The molecule has 9 nitrogen and oxygen atoms in total. The Hall–Kier alpha value is -0.360. The van der Waals surface area contributed by atoms with Gasteiger partial charge in [-0.15, -0.1) is 0 Å². The van der Waals surface area contributed by atoms with Crippen molar-refractivity contribution in [2.45, 2.75) is 94.7 Å². The average Bonchev–Trinajstić information content (AvgIpc) is 3.17. The van der Waals surface area contributed by atoms with E-state index in [0.29, 0.717) is 6.61 Å². The number of aliphatic hydroxyl groups excluding tert-OH is 4. The van der Waals surface area contributed by atoms with Gasteiger partial charge in [0.25, 0.3) is 0 Å². The number of methoxy groups -OCH3 is 1. The first-order valence-electron chi connectivity index (χ1n) is 10.3. The normalized spacial score (nSPS) is 38.4. The van der Waals surface area contributed by atoms with Crippen LogP contribution in [0.4, 0.5) is 0 Å². The van der Waals surface area contributed by atoms with Crippen LogP contribution >= 0.6 is 0 Å². The van der Waals surface area contributed by atoms with Crippen LogP contribution < -0.4 is 0 Å². The van der Waals surface area contributed by atoms with Gasteiger partial charge in [0.1, 0.15) is 36.6 Å². The number of unbranched alkanes of at least 4 members (excludes halogenated alkanes) is 5. The van der Waals surface area contributed by atoms with E-state index < -0.39 is 55.8 Å². The van der Waals surface area contributed by atoms with Gasteiger partial charge in [-0.25, -0.2) is 0 Å². The standard InChI is InChI=1S/C19H36O9/c1-3-4-5-6-7-8-9-25-18-15(23)16(13(11-21)27-18)28-19-17(24-2)14(22)12(10-20)26-19/h12-23H,3-11H2,1-2H3/t12-,13-,14-,15+,16-,17+,18+,19-/m1/s1. The third-order valence-corrected chi connectivity index (χ3v) is 5.29. The topological polar surface area (TPSA) is 127 Å². The maximum atomic E-state index is 10.5. The number of rotatable bonds is 13. The van der Waals surface area contributed by atoms with E-state index in [1.54, 1.807) is 0 Å². The predicted molar refractivity (Wildman–Crippen MR) is 98.5 cm³/mol. The van der Waals surface area contributed by atoms with Gasteiger partial charge in [0, 0.05) is 13.7 Å². The Morgan fingerprint density at radius 2 is 1.43 bits per heavy atom. The van der Waals surface area contributed by atoms with Gasteiger partial charge in [0.15, 0.2) is 12.6 Å². The van der Waals surface area contributed by atoms with Crippen LogP contribution in [-0.2, 0) is 23.7 Å². The molecular weight excluding hydrogens is 372 g/mol. The molecule has 2 aliphatic heterocycles. The minimum atomic E-state index is -1.12. The molecule has 2 aliphatic rings. The van der Waals surface area contributed by atoms with Crippen molar-refractivity contribution < 1.29 is 44.1 Å². The summed E-state index contributed by atoms with van der Waals surface area (Å²) in [4.78, 5) is 0. The monoisotopic (exact) mass is 408 g/mol. The minimum Gasteiger partial charge on any atom is -0.394 e. The van der Waals surface area contributed by atoms with Gasteiger partial charge in [-0.2, -0.15) is 0 Å². The van der Waals surface area contributed by atoms with E-state index in [9.17, 15) is 20.4 Å². The number of hydrogen-bond donors (Lipinski definition) is 4. The Morgan fingerprint density at radius 1 is 0.786 bits per heavy atom. The van der Waals surface area contributed by atoms with E-state index >= 15 is 0 Å². The summed E-state index contributed by atoms with van der Waals surface area (Å²) in [5.41, 5.74) is 0. The van der Waals surface area contributed by atoms with Crippen molar-refractivity contribution in [3.8, 4) is 0 Å². The smallest absolute Gasteiger partial charge is 0.187 e. The number of hydrogen-bond acceptors (Lipinski definition) is 9. The molecule has 2 saturated heterocycles. The Kier molecular flexibility index (Phi) is 10.6. The van der Waals surface area contributed by atoms with Crippen LogP contribution in [0.2, 0.25) is 0 Å². The van der Waals surface area contributed by atoms with Crippen LogP contribution in [0.3, 0.4) is 0 Å². The fourth-order valence-electron chi connectivity index (χ4n) is 3.61. The van der Waals surface area contributed by atoms with Crippen LogP contribution in [0.25, 0.3) is 0 Å². The molecule has 4 N–H and O–H groups in total. The first-order chi connectivity index (χ1) is 13.6. The second kappa shape index (κ2) is 12.4.